The van der Waals surface area contributed by atoms with Crippen LogP contribution in [0, 0.1) is 23.5 Å². The van der Waals surface area contributed by atoms with Gasteiger partial charge in [-0.15, -0.1) is 0 Å². The molecule has 0 bridgehead atoms. The first-order chi connectivity index (χ1) is 49.5. The largest absolute Gasteiger partial charge is 0.444 e. The Balaban J connectivity index is 0.000000212. The van der Waals surface area contributed by atoms with Crippen molar-refractivity contribution in [2.75, 3.05) is 13.1 Å². The zero-order valence-electron chi connectivity index (χ0n) is 59.6. The van der Waals surface area contributed by atoms with Crippen LogP contribution in [0.15, 0.2) is 48.6 Å². The standard InChI is InChI=1S/C35H46F3N5O9S.C35H44F3N5O9S/c2*1-33(2,3)52-31(47)39-26-12-14-34(37,38)13-5-4-8-21-16-35(21,30(46)41-53(49,50)23-10-11-23)40-28(44)27-15-22(18-43(27)29(26)45)51-32(48)42-17-20-7-6-9-25(36)24(20)19-42/h6-7,9,21-23,26-27H,4-5,8,10-19H2,1-3H3,(H,39,47)(H,40,44)(H,41,46);4,6-9,21-23,26-27H,5,10-19H2,1-3H3,(H,39,47)(H,40,44)(H,41,46)/b;8-4-/t2*21-,22-,26+,27+,35-/m11/s1. The van der Waals surface area contributed by atoms with Gasteiger partial charge in [0.15, 0.2) is 0 Å². The van der Waals surface area contributed by atoms with Crippen molar-refractivity contribution in [2.24, 2.45) is 11.8 Å². The zero-order valence-corrected chi connectivity index (χ0v) is 61.2. The minimum Gasteiger partial charge on any atom is -0.444 e. The molecule has 4 aliphatic carbocycles. The Hall–Kier alpha value is -8.44. The fourth-order valence-electron chi connectivity index (χ4n) is 14.4. The minimum atomic E-state index is -4.03. The molecule has 7 fully saturated rings. The Kier molecular flexibility index (Phi) is 22.2. The molecule has 6 N–H and O–H groups in total. The zero-order chi connectivity index (χ0) is 77.0. The summed E-state index contributed by atoms with van der Waals surface area (Å²) in [4.78, 5) is 141. The topological polar surface area (TPSA) is 361 Å². The molecular weight excluding hydrogens is 1450 g/mol. The van der Waals surface area contributed by atoms with Crippen molar-refractivity contribution in [1.82, 2.24) is 50.3 Å². The first kappa shape index (κ1) is 78.6. The third-order valence-corrected chi connectivity index (χ3v) is 24.2. The van der Waals surface area contributed by atoms with Crippen LogP contribution in [0.2, 0.25) is 0 Å². The van der Waals surface area contributed by atoms with Crippen molar-refractivity contribution in [1.29, 1.82) is 0 Å². The number of carbonyl (C=O) groups is 10. The van der Waals surface area contributed by atoms with Crippen molar-refractivity contribution in [3.8, 4) is 0 Å². The summed E-state index contributed by atoms with van der Waals surface area (Å²) < 4.78 is 167. The van der Waals surface area contributed by atoms with Gasteiger partial charge in [0.05, 0.1) is 36.7 Å². The van der Waals surface area contributed by atoms with Crippen LogP contribution in [-0.4, -0.2) is 190 Å². The molecule has 0 aromatic heterocycles. The molecule has 0 radical (unpaired) electrons. The summed E-state index contributed by atoms with van der Waals surface area (Å²) in [6.07, 6.45) is -5.44. The number of amides is 10. The van der Waals surface area contributed by atoms with Crippen LogP contribution >= 0.6 is 0 Å². The van der Waals surface area contributed by atoms with Gasteiger partial charge in [-0.25, -0.2) is 62.4 Å². The van der Waals surface area contributed by atoms with E-state index in [9.17, 15) is 73.6 Å². The highest BCUT2D eigenvalue weighted by molar-refractivity contribution is 7.91. The van der Waals surface area contributed by atoms with E-state index >= 15 is 17.6 Å². The van der Waals surface area contributed by atoms with E-state index in [0.29, 0.717) is 47.9 Å². The van der Waals surface area contributed by atoms with Crippen LogP contribution in [0.5, 0.6) is 0 Å². The molecule has 0 unspecified atom stereocenters. The molecule has 6 aliphatic heterocycles. The number of hydrogen-bond acceptors (Lipinski definition) is 18. The van der Waals surface area contributed by atoms with Gasteiger partial charge in [-0.3, -0.25) is 48.0 Å². The maximum absolute atomic E-state index is 15.2. The molecule has 2 aromatic rings. The van der Waals surface area contributed by atoms with Crippen LogP contribution in [0.4, 0.5) is 45.5 Å². The molecule has 10 amide bonds. The molecular formula is C70H90F6N10O18S2. The molecule has 36 heteroatoms. The van der Waals surface area contributed by atoms with Crippen molar-refractivity contribution in [3.63, 3.8) is 0 Å². The number of benzene rings is 2. The quantitative estimate of drug-likeness (QED) is 0.0791. The van der Waals surface area contributed by atoms with Gasteiger partial charge in [-0.2, -0.15) is 0 Å². The van der Waals surface area contributed by atoms with Crippen molar-refractivity contribution >= 4 is 79.9 Å². The van der Waals surface area contributed by atoms with Gasteiger partial charge in [0.1, 0.15) is 70.3 Å². The fourth-order valence-corrected chi connectivity index (χ4v) is 17.2. The second kappa shape index (κ2) is 30.0. The number of allylic oxidation sites excluding steroid dienone is 1. The number of carbonyl (C=O) groups excluding carboxylic acids is 10. The lowest BCUT2D eigenvalue weighted by Crippen LogP contribution is -2.58. The van der Waals surface area contributed by atoms with Crippen molar-refractivity contribution in [3.05, 3.63) is 82.4 Å². The molecule has 28 nitrogen and oxygen atoms in total. The number of hydrogen-bond donors (Lipinski definition) is 6. The first-order valence-corrected chi connectivity index (χ1v) is 38.9. The van der Waals surface area contributed by atoms with Crippen molar-refractivity contribution < 1.29 is 110 Å². The third-order valence-electron chi connectivity index (χ3n) is 20.6. The maximum Gasteiger partial charge on any atom is 0.410 e. The normalized spacial score (nSPS) is 29.2. The van der Waals surface area contributed by atoms with Gasteiger partial charge in [0, 0.05) is 68.7 Å². The molecule has 582 valence electrons. The van der Waals surface area contributed by atoms with E-state index in [1.54, 1.807) is 53.7 Å². The molecule has 0 spiro atoms. The van der Waals surface area contributed by atoms with Gasteiger partial charge in [0.2, 0.25) is 55.5 Å². The molecule has 10 atom stereocenters. The lowest BCUT2D eigenvalue weighted by Gasteiger charge is -2.31. The van der Waals surface area contributed by atoms with Crippen LogP contribution in [0.3, 0.4) is 0 Å². The van der Waals surface area contributed by atoms with Gasteiger partial charge in [-0.05, 0) is 141 Å². The second-order valence-electron chi connectivity index (χ2n) is 31.3. The molecule has 3 saturated heterocycles. The Morgan fingerprint density at radius 2 is 0.981 bits per heavy atom. The predicted octanol–water partition coefficient (Wildman–Crippen LogP) is 7.00. The maximum atomic E-state index is 15.2. The molecule has 106 heavy (non-hydrogen) atoms. The van der Waals surface area contributed by atoms with Crippen LogP contribution in [-0.2, 0) is 93.9 Å². The van der Waals surface area contributed by atoms with Crippen LogP contribution in [0.25, 0.3) is 0 Å². The molecule has 6 heterocycles. The van der Waals surface area contributed by atoms with Crippen LogP contribution in [0.1, 0.15) is 179 Å². The summed E-state index contributed by atoms with van der Waals surface area (Å²) >= 11 is 0. The number of sulfonamides is 2. The number of nitrogens with one attached hydrogen (secondary N) is 6. The average Bonchev–Trinajstić information content (AvgIpc) is 1.58. The van der Waals surface area contributed by atoms with E-state index < -0.39 is 223 Å². The number of halogens is 6. The SMILES string of the molecule is CC(C)(C)OC(=O)N[C@H]1CCC(F)(F)CC/C=C\[C@@H]2C[C@@]2(C(=O)NS(=O)(=O)C2CC2)NC(=O)[C@@H]2C[C@@H](OC(=O)N3Cc4cccc(F)c4C3)CN2C1=O.CC(C)(C)OC(=O)N[C@H]1CCC(F)(F)CCCC[C@@H]2C[C@@]2(C(=O)NS(=O)(=O)C2CC2)NC(=O)[C@@H]2C[C@@H](OC(=O)N3Cc4cccc(F)c4C3)CN2C1=O. The van der Waals surface area contributed by atoms with Gasteiger partial charge >= 0.3 is 24.4 Å². The number of rotatable bonds is 10. The number of nitrogens with zero attached hydrogens (tertiary/aromatic N) is 4. The summed E-state index contributed by atoms with van der Waals surface area (Å²) in [5, 5.41) is 8.62. The second-order valence-corrected chi connectivity index (χ2v) is 35.3. The highest BCUT2D eigenvalue weighted by atomic mass is 32.2. The number of alkyl halides is 4. The van der Waals surface area contributed by atoms with E-state index in [4.69, 9.17) is 18.9 Å². The average molecular weight is 1540 g/mol. The Labute approximate surface area is 609 Å². The van der Waals surface area contributed by atoms with E-state index in [2.05, 4.69) is 30.7 Å². The van der Waals surface area contributed by atoms with Gasteiger partial charge < -0.3 is 50.0 Å². The molecule has 4 saturated carbocycles. The summed E-state index contributed by atoms with van der Waals surface area (Å²) in [5.41, 5.74) is -3.60. The first-order valence-electron chi connectivity index (χ1n) is 35.8. The monoisotopic (exact) mass is 1540 g/mol. The molecule has 2 aromatic carbocycles. The van der Waals surface area contributed by atoms with Gasteiger partial charge in [-0.1, -0.05) is 42.8 Å². The Morgan fingerprint density at radius 3 is 1.42 bits per heavy atom. The van der Waals surface area contributed by atoms with E-state index in [-0.39, 0.29) is 90.6 Å². The Bertz CT molecular complexity index is 4090. The highest BCUT2D eigenvalue weighted by Crippen LogP contribution is 2.50. The summed E-state index contributed by atoms with van der Waals surface area (Å²) in [6, 6.07) is 2.92. The highest BCUT2D eigenvalue weighted by Gasteiger charge is 2.64. The smallest absolute Gasteiger partial charge is 0.410 e. The number of alkyl carbamates (subject to hydrolysis) is 2. The number of fused-ring (bicyclic) bond motifs is 6. The van der Waals surface area contributed by atoms with E-state index in [1.807, 2.05) is 0 Å². The minimum absolute atomic E-state index is 0.0361. The fraction of sp³-hybridized carbons (Fsp3) is 0.657. The summed E-state index contributed by atoms with van der Waals surface area (Å²) in [5.74, 6) is -14.3. The number of ether oxygens (including phenoxy) is 4. The molecule has 10 aliphatic rings. The third kappa shape index (κ3) is 18.7. The lowest BCUT2D eigenvalue weighted by molar-refractivity contribution is -0.141. The predicted molar refractivity (Wildman–Crippen MR) is 362 cm³/mol. The van der Waals surface area contributed by atoms with Crippen molar-refractivity contribution in [2.45, 2.75) is 264 Å². The molecule has 12 rings (SSSR count). The van der Waals surface area contributed by atoms with Crippen LogP contribution < -0.4 is 30.7 Å². The Morgan fingerprint density at radius 1 is 0.547 bits per heavy atom. The summed E-state index contributed by atoms with van der Waals surface area (Å²) in [6.45, 7) is 8.68. The van der Waals surface area contributed by atoms with Gasteiger partial charge in [0.25, 0.3) is 11.8 Å². The lowest BCUT2D eigenvalue weighted by atomic mass is 10.00. The summed E-state index contributed by atoms with van der Waals surface area (Å²) in [7, 11) is -8.04. The van der Waals surface area contributed by atoms with E-state index in [1.165, 1.54) is 46.2 Å². The van der Waals surface area contributed by atoms with E-state index in [0.717, 1.165) is 9.80 Å².